The molecule has 0 aliphatic carbocycles. The van der Waals surface area contributed by atoms with Crippen molar-refractivity contribution in [1.29, 1.82) is 0 Å². The fourth-order valence-electron chi connectivity index (χ4n) is 1.93. The van der Waals surface area contributed by atoms with E-state index in [1.165, 1.54) is 6.42 Å². The summed E-state index contributed by atoms with van der Waals surface area (Å²) in [5.74, 6) is 1.90. The normalized spacial score (nSPS) is 14.7. The molecule has 0 aliphatic heterocycles. The predicted octanol–water partition coefficient (Wildman–Crippen LogP) is 3.26. The lowest BCUT2D eigenvalue weighted by Gasteiger charge is -2.22. The highest BCUT2D eigenvalue weighted by atomic mass is 32.2. The van der Waals surface area contributed by atoms with E-state index >= 15 is 0 Å². The van der Waals surface area contributed by atoms with Crippen molar-refractivity contribution in [2.75, 3.05) is 19.9 Å². The fourth-order valence-corrected chi connectivity index (χ4v) is 3.01. The van der Waals surface area contributed by atoms with Crippen molar-refractivity contribution in [2.45, 2.75) is 51.4 Å². The van der Waals surface area contributed by atoms with Crippen LogP contribution in [-0.4, -0.2) is 34.9 Å². The molecule has 1 rings (SSSR count). The standard InChI is InChI=1S/C14H27N3OS/c1-7-11(4)19-9-12(15-5)14-13(18-6)8-16-17(14)10(2)3/h8,10-12,15H,7,9H2,1-6H3. The molecule has 19 heavy (non-hydrogen) atoms. The van der Waals surface area contributed by atoms with Gasteiger partial charge in [0, 0.05) is 17.0 Å². The maximum Gasteiger partial charge on any atom is 0.161 e. The molecule has 0 saturated carbocycles. The van der Waals surface area contributed by atoms with E-state index in [-0.39, 0.29) is 6.04 Å². The topological polar surface area (TPSA) is 39.1 Å². The van der Waals surface area contributed by atoms with E-state index in [4.69, 9.17) is 4.74 Å². The van der Waals surface area contributed by atoms with Crippen molar-refractivity contribution in [3.05, 3.63) is 11.9 Å². The van der Waals surface area contributed by atoms with Crippen LogP contribution in [0.25, 0.3) is 0 Å². The molecule has 0 fully saturated rings. The molecule has 4 nitrogen and oxygen atoms in total. The number of rotatable bonds is 8. The number of aromatic nitrogens is 2. The third-order valence-electron chi connectivity index (χ3n) is 3.31. The second-order valence-corrected chi connectivity index (χ2v) is 6.50. The molecule has 0 aliphatic rings. The lowest BCUT2D eigenvalue weighted by atomic mass is 10.2. The first-order valence-electron chi connectivity index (χ1n) is 6.95. The zero-order valence-corrected chi connectivity index (χ0v) is 13.8. The van der Waals surface area contributed by atoms with Gasteiger partial charge < -0.3 is 10.1 Å². The molecule has 0 bridgehead atoms. The van der Waals surface area contributed by atoms with Crippen LogP contribution in [0, 0.1) is 0 Å². The summed E-state index contributed by atoms with van der Waals surface area (Å²) in [4.78, 5) is 0. The average Bonchev–Trinajstić information content (AvgIpc) is 2.83. The van der Waals surface area contributed by atoms with E-state index in [1.807, 2.05) is 25.0 Å². The van der Waals surface area contributed by atoms with Gasteiger partial charge in [-0.2, -0.15) is 16.9 Å². The number of hydrogen-bond acceptors (Lipinski definition) is 4. The van der Waals surface area contributed by atoms with Crippen LogP contribution < -0.4 is 10.1 Å². The molecule has 1 N–H and O–H groups in total. The Morgan fingerprint density at radius 2 is 2.11 bits per heavy atom. The Morgan fingerprint density at radius 3 is 2.58 bits per heavy atom. The number of nitrogens with zero attached hydrogens (tertiary/aromatic N) is 2. The van der Waals surface area contributed by atoms with Gasteiger partial charge in [0.05, 0.1) is 25.0 Å². The maximum atomic E-state index is 5.46. The van der Waals surface area contributed by atoms with Gasteiger partial charge in [-0.15, -0.1) is 0 Å². The molecule has 110 valence electrons. The van der Waals surface area contributed by atoms with E-state index in [0.29, 0.717) is 11.3 Å². The van der Waals surface area contributed by atoms with E-state index in [1.54, 1.807) is 7.11 Å². The number of ether oxygens (including phenoxy) is 1. The highest BCUT2D eigenvalue weighted by Gasteiger charge is 2.22. The van der Waals surface area contributed by atoms with Gasteiger partial charge in [0.15, 0.2) is 5.75 Å². The highest BCUT2D eigenvalue weighted by molar-refractivity contribution is 7.99. The van der Waals surface area contributed by atoms with Gasteiger partial charge in [0.2, 0.25) is 0 Å². The summed E-state index contributed by atoms with van der Waals surface area (Å²) in [6, 6.07) is 0.599. The van der Waals surface area contributed by atoms with Crippen molar-refractivity contribution in [1.82, 2.24) is 15.1 Å². The molecule has 1 aromatic heterocycles. The Hall–Kier alpha value is -0.680. The Balaban J connectivity index is 2.92. The van der Waals surface area contributed by atoms with Gasteiger partial charge in [0.25, 0.3) is 0 Å². The molecule has 0 spiro atoms. The van der Waals surface area contributed by atoms with Crippen molar-refractivity contribution in [3.8, 4) is 5.75 Å². The molecule has 0 saturated heterocycles. The molecular weight excluding hydrogens is 258 g/mol. The summed E-state index contributed by atoms with van der Waals surface area (Å²) in [6.45, 7) is 8.79. The molecule has 1 aromatic rings. The Bertz CT molecular complexity index is 379. The quantitative estimate of drug-likeness (QED) is 0.795. The zero-order valence-electron chi connectivity index (χ0n) is 12.9. The molecule has 1 heterocycles. The summed E-state index contributed by atoms with van der Waals surface area (Å²) in [6.07, 6.45) is 3.01. The molecular formula is C14H27N3OS. The first-order valence-corrected chi connectivity index (χ1v) is 8.00. The second kappa shape index (κ2) is 7.80. The van der Waals surface area contributed by atoms with Gasteiger partial charge in [-0.25, -0.2) is 0 Å². The van der Waals surface area contributed by atoms with Crippen molar-refractivity contribution < 1.29 is 4.74 Å². The van der Waals surface area contributed by atoms with Gasteiger partial charge >= 0.3 is 0 Å². The second-order valence-electron chi connectivity index (χ2n) is 5.03. The fraction of sp³-hybridized carbons (Fsp3) is 0.786. The van der Waals surface area contributed by atoms with Crippen molar-refractivity contribution >= 4 is 11.8 Å². The van der Waals surface area contributed by atoms with Crippen LogP contribution >= 0.6 is 11.8 Å². The van der Waals surface area contributed by atoms with E-state index in [2.05, 4.69) is 42.8 Å². The minimum Gasteiger partial charge on any atom is -0.493 e. The number of methoxy groups -OCH3 is 1. The van der Waals surface area contributed by atoms with Gasteiger partial charge in [-0.1, -0.05) is 13.8 Å². The van der Waals surface area contributed by atoms with E-state index in [0.717, 1.165) is 17.2 Å². The number of thioether (sulfide) groups is 1. The van der Waals surface area contributed by atoms with Crippen LogP contribution in [0.1, 0.15) is 51.9 Å². The summed E-state index contributed by atoms with van der Waals surface area (Å²) in [5, 5.41) is 8.52. The van der Waals surface area contributed by atoms with Crippen LogP contribution in [0.15, 0.2) is 6.20 Å². The molecule has 0 aromatic carbocycles. The number of nitrogens with one attached hydrogen (secondary N) is 1. The lowest BCUT2D eigenvalue weighted by Crippen LogP contribution is -2.24. The minimum absolute atomic E-state index is 0.263. The summed E-state index contributed by atoms with van der Waals surface area (Å²) in [5.41, 5.74) is 1.15. The molecule has 0 amide bonds. The van der Waals surface area contributed by atoms with Crippen LogP contribution in [0.5, 0.6) is 5.75 Å². The number of hydrogen-bond donors (Lipinski definition) is 1. The van der Waals surface area contributed by atoms with Crippen molar-refractivity contribution in [2.24, 2.45) is 0 Å². The minimum atomic E-state index is 0.263. The van der Waals surface area contributed by atoms with Crippen LogP contribution in [0.2, 0.25) is 0 Å². The van der Waals surface area contributed by atoms with Crippen molar-refractivity contribution in [3.63, 3.8) is 0 Å². The first-order chi connectivity index (χ1) is 9.04. The monoisotopic (exact) mass is 285 g/mol. The third-order valence-corrected chi connectivity index (χ3v) is 4.74. The average molecular weight is 285 g/mol. The van der Waals surface area contributed by atoms with Gasteiger partial charge in [-0.3, -0.25) is 4.68 Å². The van der Waals surface area contributed by atoms with Crippen LogP contribution in [-0.2, 0) is 0 Å². The van der Waals surface area contributed by atoms with E-state index in [9.17, 15) is 0 Å². The molecule has 5 heteroatoms. The van der Waals surface area contributed by atoms with Crippen LogP contribution in [0.4, 0.5) is 0 Å². The zero-order chi connectivity index (χ0) is 14.4. The Kier molecular flexibility index (Phi) is 6.72. The molecule has 2 atom stereocenters. The summed E-state index contributed by atoms with van der Waals surface area (Å²) >= 11 is 1.99. The first kappa shape index (κ1) is 16.4. The predicted molar refractivity (Wildman–Crippen MR) is 83.2 cm³/mol. The van der Waals surface area contributed by atoms with Gasteiger partial charge in [-0.05, 0) is 27.3 Å². The van der Waals surface area contributed by atoms with Gasteiger partial charge in [0.1, 0.15) is 0 Å². The summed E-state index contributed by atoms with van der Waals surface area (Å²) in [7, 11) is 3.71. The molecule has 0 radical (unpaired) electrons. The van der Waals surface area contributed by atoms with Crippen LogP contribution in [0.3, 0.4) is 0 Å². The highest BCUT2D eigenvalue weighted by Crippen LogP contribution is 2.30. The Morgan fingerprint density at radius 1 is 1.42 bits per heavy atom. The largest absolute Gasteiger partial charge is 0.493 e. The molecule has 2 unspecified atom stereocenters. The summed E-state index contributed by atoms with van der Waals surface area (Å²) < 4.78 is 7.51. The maximum absolute atomic E-state index is 5.46. The Labute approximate surface area is 121 Å². The smallest absolute Gasteiger partial charge is 0.161 e. The SMILES string of the molecule is CCC(C)SCC(NC)c1c(OC)cnn1C(C)C. The lowest BCUT2D eigenvalue weighted by molar-refractivity contribution is 0.394. The van der Waals surface area contributed by atoms with E-state index < -0.39 is 0 Å². The third kappa shape index (κ3) is 4.14.